The van der Waals surface area contributed by atoms with Crippen LogP contribution < -0.4 is 15.8 Å². The Morgan fingerprint density at radius 2 is 2.08 bits per heavy atom. The lowest BCUT2D eigenvalue weighted by atomic mass is 10.1. The van der Waals surface area contributed by atoms with E-state index >= 15 is 0 Å². The maximum absolute atomic E-state index is 12.2. The van der Waals surface area contributed by atoms with E-state index in [1.165, 1.54) is 6.26 Å². The van der Waals surface area contributed by atoms with Crippen molar-refractivity contribution in [2.45, 2.75) is 6.42 Å². The Morgan fingerprint density at radius 3 is 2.88 bits per heavy atom. The van der Waals surface area contributed by atoms with Crippen LogP contribution in [0.1, 0.15) is 16.1 Å². The van der Waals surface area contributed by atoms with E-state index in [-0.39, 0.29) is 11.6 Å². The fourth-order valence-corrected chi connectivity index (χ4v) is 2.42. The molecule has 0 radical (unpaired) electrons. The number of amides is 1. The second-order valence-electron chi connectivity index (χ2n) is 5.52. The highest BCUT2D eigenvalue weighted by Crippen LogP contribution is 2.20. The molecule has 0 spiro atoms. The summed E-state index contributed by atoms with van der Waals surface area (Å²) in [5, 5.41) is 2.83. The van der Waals surface area contributed by atoms with Gasteiger partial charge >= 0.3 is 0 Å². The van der Waals surface area contributed by atoms with Crippen molar-refractivity contribution in [2.24, 2.45) is 0 Å². The molecule has 0 bridgehead atoms. The van der Waals surface area contributed by atoms with Crippen molar-refractivity contribution in [1.82, 2.24) is 10.3 Å². The molecule has 3 N–H and O–H groups in total. The van der Waals surface area contributed by atoms with Crippen molar-refractivity contribution in [3.8, 4) is 17.2 Å². The quantitative estimate of drug-likeness (QED) is 0.675. The monoisotopic (exact) mass is 337 g/mol. The first-order valence-corrected chi connectivity index (χ1v) is 7.88. The van der Waals surface area contributed by atoms with Gasteiger partial charge in [0.25, 0.3) is 5.91 Å². The molecule has 128 valence electrons. The standard InChI is InChI=1S/C19H19N3O3/c1-24-16-7-2-4-13(10-16)8-9-21-18(23)17-12-25-19(22-17)14-5-3-6-15(20)11-14/h2-7,10-12H,8-9,20H2,1H3,(H,21,23). The Labute approximate surface area is 145 Å². The molecule has 0 aliphatic carbocycles. The van der Waals surface area contributed by atoms with E-state index in [4.69, 9.17) is 14.9 Å². The zero-order valence-electron chi connectivity index (χ0n) is 13.9. The highest BCUT2D eigenvalue weighted by molar-refractivity contribution is 5.92. The average Bonchev–Trinajstić information content (AvgIpc) is 3.12. The first-order chi connectivity index (χ1) is 12.2. The number of anilines is 1. The molecule has 3 rings (SSSR count). The summed E-state index contributed by atoms with van der Waals surface area (Å²) in [6.45, 7) is 0.493. The molecule has 25 heavy (non-hydrogen) atoms. The van der Waals surface area contributed by atoms with E-state index < -0.39 is 0 Å². The number of oxazole rings is 1. The molecule has 0 saturated carbocycles. The van der Waals surface area contributed by atoms with Crippen molar-refractivity contribution in [3.63, 3.8) is 0 Å². The molecule has 0 fully saturated rings. The fraction of sp³-hybridized carbons (Fsp3) is 0.158. The molecule has 0 aliphatic heterocycles. The van der Waals surface area contributed by atoms with Crippen LogP contribution in [0.3, 0.4) is 0 Å². The third kappa shape index (κ3) is 4.17. The molecule has 6 heteroatoms. The van der Waals surface area contributed by atoms with Gasteiger partial charge in [-0.05, 0) is 42.3 Å². The molecule has 0 atom stereocenters. The lowest BCUT2D eigenvalue weighted by molar-refractivity contribution is 0.0949. The van der Waals surface area contributed by atoms with E-state index in [1.807, 2.05) is 36.4 Å². The number of nitrogens with zero attached hydrogens (tertiary/aromatic N) is 1. The Bertz CT molecular complexity index is 874. The van der Waals surface area contributed by atoms with Crippen LogP contribution in [0, 0.1) is 0 Å². The van der Waals surface area contributed by atoms with Gasteiger partial charge in [0, 0.05) is 17.8 Å². The third-order valence-electron chi connectivity index (χ3n) is 3.70. The SMILES string of the molecule is COc1cccc(CCNC(=O)c2coc(-c3cccc(N)c3)n2)c1. The zero-order valence-corrected chi connectivity index (χ0v) is 13.9. The summed E-state index contributed by atoms with van der Waals surface area (Å²) in [6.07, 6.45) is 2.04. The summed E-state index contributed by atoms with van der Waals surface area (Å²) in [5.41, 5.74) is 8.41. The predicted molar refractivity (Wildman–Crippen MR) is 95.4 cm³/mol. The summed E-state index contributed by atoms with van der Waals surface area (Å²) >= 11 is 0. The van der Waals surface area contributed by atoms with Gasteiger partial charge in [-0.25, -0.2) is 4.98 Å². The van der Waals surface area contributed by atoms with Crippen LogP contribution in [0.25, 0.3) is 11.5 Å². The van der Waals surface area contributed by atoms with Gasteiger partial charge in [-0.2, -0.15) is 0 Å². The molecule has 3 aromatic rings. The van der Waals surface area contributed by atoms with Crippen LogP contribution in [0.5, 0.6) is 5.75 Å². The van der Waals surface area contributed by atoms with Gasteiger partial charge in [0.05, 0.1) is 7.11 Å². The van der Waals surface area contributed by atoms with Crippen LogP contribution >= 0.6 is 0 Å². The first kappa shape index (κ1) is 16.6. The minimum atomic E-state index is -0.276. The second kappa shape index (κ2) is 7.53. The van der Waals surface area contributed by atoms with E-state index in [1.54, 1.807) is 19.2 Å². The number of ether oxygens (including phenoxy) is 1. The minimum Gasteiger partial charge on any atom is -0.497 e. The van der Waals surface area contributed by atoms with Crippen molar-refractivity contribution >= 4 is 11.6 Å². The van der Waals surface area contributed by atoms with E-state index in [9.17, 15) is 4.79 Å². The normalized spacial score (nSPS) is 10.4. The number of nitrogens with one attached hydrogen (secondary N) is 1. The maximum Gasteiger partial charge on any atom is 0.273 e. The van der Waals surface area contributed by atoms with Gasteiger partial charge in [0.1, 0.15) is 12.0 Å². The average molecular weight is 337 g/mol. The molecule has 0 saturated heterocycles. The highest BCUT2D eigenvalue weighted by atomic mass is 16.5. The molecular weight excluding hydrogens is 318 g/mol. The lowest BCUT2D eigenvalue weighted by Gasteiger charge is -2.05. The van der Waals surface area contributed by atoms with Gasteiger partial charge in [0.2, 0.25) is 5.89 Å². The number of hydrogen-bond donors (Lipinski definition) is 2. The van der Waals surface area contributed by atoms with E-state index in [2.05, 4.69) is 10.3 Å². The van der Waals surface area contributed by atoms with Crippen LogP contribution in [0.2, 0.25) is 0 Å². The fourth-order valence-electron chi connectivity index (χ4n) is 2.42. The van der Waals surface area contributed by atoms with Crippen molar-refractivity contribution in [3.05, 3.63) is 66.1 Å². The molecule has 1 heterocycles. The topological polar surface area (TPSA) is 90.4 Å². The predicted octanol–water partition coefficient (Wildman–Crippen LogP) is 2.90. The van der Waals surface area contributed by atoms with Gasteiger partial charge in [0.15, 0.2) is 5.69 Å². The number of benzene rings is 2. The maximum atomic E-state index is 12.2. The zero-order chi connectivity index (χ0) is 17.6. The lowest BCUT2D eigenvalue weighted by Crippen LogP contribution is -2.25. The minimum absolute atomic E-state index is 0.239. The number of nitrogen functional groups attached to an aromatic ring is 1. The number of carbonyl (C=O) groups is 1. The number of carbonyl (C=O) groups excluding carboxylic acids is 1. The van der Waals surface area contributed by atoms with Gasteiger partial charge in [-0.15, -0.1) is 0 Å². The number of methoxy groups -OCH3 is 1. The van der Waals surface area contributed by atoms with Crippen molar-refractivity contribution < 1.29 is 13.9 Å². The van der Waals surface area contributed by atoms with Gasteiger partial charge in [-0.3, -0.25) is 4.79 Å². The third-order valence-corrected chi connectivity index (χ3v) is 3.70. The Morgan fingerprint density at radius 1 is 1.24 bits per heavy atom. The smallest absolute Gasteiger partial charge is 0.273 e. The Hall–Kier alpha value is -3.28. The van der Waals surface area contributed by atoms with Crippen LogP contribution in [-0.4, -0.2) is 24.5 Å². The highest BCUT2D eigenvalue weighted by Gasteiger charge is 2.13. The number of hydrogen-bond acceptors (Lipinski definition) is 5. The van der Waals surface area contributed by atoms with Gasteiger partial charge in [-0.1, -0.05) is 18.2 Å². The summed E-state index contributed by atoms with van der Waals surface area (Å²) < 4.78 is 10.6. The molecule has 0 unspecified atom stereocenters. The van der Waals surface area contributed by atoms with Crippen LogP contribution in [0.15, 0.2) is 59.2 Å². The molecule has 6 nitrogen and oxygen atoms in total. The molecule has 1 aromatic heterocycles. The van der Waals surface area contributed by atoms with Crippen molar-refractivity contribution in [1.29, 1.82) is 0 Å². The molecular formula is C19H19N3O3. The van der Waals surface area contributed by atoms with E-state index in [0.717, 1.165) is 16.9 Å². The summed E-state index contributed by atoms with van der Waals surface area (Å²) in [4.78, 5) is 16.4. The second-order valence-corrected chi connectivity index (χ2v) is 5.52. The Kier molecular flexibility index (Phi) is 4.99. The number of rotatable bonds is 6. The molecule has 2 aromatic carbocycles. The van der Waals surface area contributed by atoms with Crippen LogP contribution in [-0.2, 0) is 6.42 Å². The molecule has 0 aliphatic rings. The molecule has 1 amide bonds. The largest absolute Gasteiger partial charge is 0.497 e. The van der Waals surface area contributed by atoms with Crippen LogP contribution in [0.4, 0.5) is 5.69 Å². The summed E-state index contributed by atoms with van der Waals surface area (Å²) in [6, 6.07) is 14.9. The number of nitrogens with two attached hydrogens (primary N) is 1. The summed E-state index contributed by atoms with van der Waals surface area (Å²) in [5.74, 6) is 0.888. The van der Waals surface area contributed by atoms with E-state index in [0.29, 0.717) is 24.5 Å². The number of aromatic nitrogens is 1. The van der Waals surface area contributed by atoms with Crippen molar-refractivity contribution in [2.75, 3.05) is 19.4 Å². The van der Waals surface area contributed by atoms with Gasteiger partial charge < -0.3 is 20.2 Å². The Balaban J connectivity index is 1.58. The summed E-state index contributed by atoms with van der Waals surface area (Å²) in [7, 11) is 1.63. The first-order valence-electron chi connectivity index (χ1n) is 7.88.